The fourth-order valence-corrected chi connectivity index (χ4v) is 0.782. The molecular formula is C7H10ClN3O. The highest BCUT2D eigenvalue weighted by Crippen LogP contribution is 2.05. The smallest absolute Gasteiger partial charge is 0.242 e. The van der Waals surface area contributed by atoms with Crippen molar-refractivity contribution in [3.63, 3.8) is 0 Å². The zero-order valence-corrected chi connectivity index (χ0v) is 7.67. The fourth-order valence-electron chi connectivity index (χ4n) is 0.727. The zero-order chi connectivity index (χ0) is 9.14. The second kappa shape index (κ2) is 3.58. The first-order valence-electron chi connectivity index (χ1n) is 3.53. The number of anilines is 1. The quantitative estimate of drug-likeness (QED) is 0.702. The lowest BCUT2D eigenvalue weighted by Gasteiger charge is -2.01. The predicted octanol–water partition coefficient (Wildman–Crippen LogP) is 0.986. The Hall–Kier alpha value is -1.03. The first-order chi connectivity index (χ1) is 5.59. The molecule has 0 fully saturated rings. The van der Waals surface area contributed by atoms with Gasteiger partial charge in [-0.15, -0.1) is 11.6 Å². The van der Waals surface area contributed by atoms with E-state index < -0.39 is 5.38 Å². The van der Waals surface area contributed by atoms with Crippen LogP contribution < -0.4 is 5.32 Å². The number of rotatable bonds is 2. The number of halogens is 1. The molecule has 0 saturated carbocycles. The molecule has 0 aliphatic heterocycles. The molecule has 1 atom stereocenters. The van der Waals surface area contributed by atoms with Crippen LogP contribution in [0.4, 0.5) is 5.69 Å². The van der Waals surface area contributed by atoms with Crippen LogP contribution in [0.5, 0.6) is 0 Å². The number of nitrogens with zero attached hydrogens (tertiary/aromatic N) is 2. The number of nitrogens with one attached hydrogen (secondary N) is 1. The first kappa shape index (κ1) is 9.06. The van der Waals surface area contributed by atoms with Crippen LogP contribution in [0.2, 0.25) is 0 Å². The Morgan fingerprint density at radius 3 is 2.92 bits per heavy atom. The van der Waals surface area contributed by atoms with Crippen LogP contribution >= 0.6 is 11.6 Å². The van der Waals surface area contributed by atoms with Crippen LogP contribution in [0, 0.1) is 0 Å². The Morgan fingerprint density at radius 2 is 2.50 bits per heavy atom. The minimum Gasteiger partial charge on any atom is -0.322 e. The number of aromatic nitrogens is 2. The van der Waals surface area contributed by atoms with Gasteiger partial charge in [-0.3, -0.25) is 9.48 Å². The normalized spacial score (nSPS) is 12.6. The van der Waals surface area contributed by atoms with Crippen LogP contribution in [0.1, 0.15) is 6.92 Å². The summed E-state index contributed by atoms with van der Waals surface area (Å²) in [6.07, 6.45) is 3.27. The van der Waals surface area contributed by atoms with Gasteiger partial charge < -0.3 is 5.32 Å². The number of amides is 1. The third kappa shape index (κ3) is 2.23. The van der Waals surface area contributed by atoms with E-state index in [1.165, 1.54) is 0 Å². The summed E-state index contributed by atoms with van der Waals surface area (Å²) in [5.74, 6) is -0.218. The molecule has 0 aromatic carbocycles. The van der Waals surface area contributed by atoms with Gasteiger partial charge in [0.2, 0.25) is 5.91 Å². The van der Waals surface area contributed by atoms with E-state index in [2.05, 4.69) is 10.4 Å². The van der Waals surface area contributed by atoms with Crippen LogP contribution in [-0.2, 0) is 11.8 Å². The molecule has 1 unspecified atom stereocenters. The Labute approximate surface area is 75.5 Å². The minimum atomic E-state index is -0.523. The van der Waals surface area contributed by atoms with Crippen molar-refractivity contribution in [2.24, 2.45) is 7.05 Å². The number of hydrogen-bond acceptors (Lipinski definition) is 2. The van der Waals surface area contributed by atoms with E-state index in [4.69, 9.17) is 11.6 Å². The number of hydrogen-bond donors (Lipinski definition) is 1. The molecule has 4 nitrogen and oxygen atoms in total. The van der Waals surface area contributed by atoms with E-state index in [0.717, 1.165) is 0 Å². The average Bonchev–Trinajstić information content (AvgIpc) is 2.35. The average molecular weight is 188 g/mol. The van der Waals surface area contributed by atoms with Crippen molar-refractivity contribution in [3.05, 3.63) is 12.4 Å². The highest BCUT2D eigenvalue weighted by Gasteiger charge is 2.09. The van der Waals surface area contributed by atoms with Gasteiger partial charge in [0.05, 0.1) is 11.9 Å². The minimum absolute atomic E-state index is 0.218. The third-order valence-corrected chi connectivity index (χ3v) is 1.53. The number of alkyl halides is 1. The summed E-state index contributed by atoms with van der Waals surface area (Å²) in [5.41, 5.74) is 0.662. The van der Waals surface area contributed by atoms with E-state index in [0.29, 0.717) is 5.69 Å². The number of carbonyl (C=O) groups excluding carboxylic acids is 1. The molecular weight excluding hydrogens is 178 g/mol. The van der Waals surface area contributed by atoms with Crippen molar-refractivity contribution < 1.29 is 4.79 Å². The molecule has 1 rings (SSSR count). The molecule has 0 bridgehead atoms. The lowest BCUT2D eigenvalue weighted by Crippen LogP contribution is -2.19. The monoisotopic (exact) mass is 187 g/mol. The summed E-state index contributed by atoms with van der Waals surface area (Å²) in [4.78, 5) is 11.0. The van der Waals surface area contributed by atoms with Crippen LogP contribution in [0.25, 0.3) is 0 Å². The maximum absolute atomic E-state index is 11.0. The number of carbonyl (C=O) groups is 1. The van der Waals surface area contributed by atoms with Gasteiger partial charge in [-0.05, 0) is 6.92 Å². The van der Waals surface area contributed by atoms with Gasteiger partial charge in [-0.25, -0.2) is 0 Å². The Bertz CT molecular complexity index is 282. The molecule has 66 valence electrons. The summed E-state index contributed by atoms with van der Waals surface area (Å²) in [5, 5.41) is 5.97. The summed E-state index contributed by atoms with van der Waals surface area (Å²) in [6.45, 7) is 1.62. The van der Waals surface area contributed by atoms with E-state index in [1.807, 2.05) is 0 Å². The van der Waals surface area contributed by atoms with Gasteiger partial charge in [0.1, 0.15) is 5.38 Å². The maximum Gasteiger partial charge on any atom is 0.242 e. The van der Waals surface area contributed by atoms with Crippen molar-refractivity contribution in [2.75, 3.05) is 5.32 Å². The molecule has 1 aromatic rings. The molecule has 0 radical (unpaired) electrons. The van der Waals surface area contributed by atoms with Gasteiger partial charge in [0.25, 0.3) is 0 Å². The second-order valence-electron chi connectivity index (χ2n) is 2.51. The van der Waals surface area contributed by atoms with E-state index >= 15 is 0 Å². The number of aryl methyl sites for hydroxylation is 1. The molecule has 1 amide bonds. The van der Waals surface area contributed by atoms with Gasteiger partial charge >= 0.3 is 0 Å². The zero-order valence-electron chi connectivity index (χ0n) is 6.91. The molecule has 0 saturated heterocycles. The molecule has 12 heavy (non-hydrogen) atoms. The van der Waals surface area contributed by atoms with Gasteiger partial charge in [-0.1, -0.05) is 0 Å². The van der Waals surface area contributed by atoms with Crippen molar-refractivity contribution in [1.82, 2.24) is 9.78 Å². The van der Waals surface area contributed by atoms with Crippen molar-refractivity contribution in [1.29, 1.82) is 0 Å². The molecule has 1 heterocycles. The topological polar surface area (TPSA) is 46.9 Å². The summed E-state index contributed by atoms with van der Waals surface area (Å²) in [6, 6.07) is 0. The first-order valence-corrected chi connectivity index (χ1v) is 3.97. The lowest BCUT2D eigenvalue weighted by atomic mass is 10.4. The highest BCUT2D eigenvalue weighted by molar-refractivity contribution is 6.32. The summed E-state index contributed by atoms with van der Waals surface area (Å²) >= 11 is 5.55. The maximum atomic E-state index is 11.0. The highest BCUT2D eigenvalue weighted by atomic mass is 35.5. The lowest BCUT2D eigenvalue weighted by molar-refractivity contribution is -0.115. The standard InChI is InChI=1S/C7H10ClN3O/c1-5(8)7(12)10-6-3-9-11(2)4-6/h3-5H,1-2H3,(H,10,12). The largest absolute Gasteiger partial charge is 0.322 e. The van der Waals surface area contributed by atoms with E-state index in [9.17, 15) is 4.79 Å². The fraction of sp³-hybridized carbons (Fsp3) is 0.429. The van der Waals surface area contributed by atoms with E-state index in [1.54, 1.807) is 31.0 Å². The third-order valence-electron chi connectivity index (χ3n) is 1.33. The predicted molar refractivity (Wildman–Crippen MR) is 47.2 cm³/mol. The van der Waals surface area contributed by atoms with Crippen LogP contribution in [0.3, 0.4) is 0 Å². The second-order valence-corrected chi connectivity index (χ2v) is 3.16. The van der Waals surface area contributed by atoms with Crippen molar-refractivity contribution in [2.45, 2.75) is 12.3 Å². The van der Waals surface area contributed by atoms with E-state index in [-0.39, 0.29) is 5.91 Å². The SMILES string of the molecule is CC(Cl)C(=O)Nc1cnn(C)c1. The van der Waals surface area contributed by atoms with Crippen LogP contribution in [-0.4, -0.2) is 21.1 Å². The van der Waals surface area contributed by atoms with Crippen molar-refractivity contribution >= 4 is 23.2 Å². The van der Waals surface area contributed by atoms with Crippen LogP contribution in [0.15, 0.2) is 12.4 Å². The van der Waals surface area contributed by atoms with Gasteiger partial charge in [0.15, 0.2) is 0 Å². The molecule has 1 aromatic heterocycles. The van der Waals surface area contributed by atoms with Gasteiger partial charge in [0, 0.05) is 13.2 Å². The molecule has 0 spiro atoms. The summed E-state index contributed by atoms with van der Waals surface area (Å²) in [7, 11) is 1.78. The Kier molecular flexibility index (Phi) is 2.70. The molecule has 5 heteroatoms. The summed E-state index contributed by atoms with van der Waals surface area (Å²) < 4.78 is 1.61. The van der Waals surface area contributed by atoms with Crippen molar-refractivity contribution in [3.8, 4) is 0 Å². The molecule has 0 aliphatic rings. The Balaban J connectivity index is 2.58. The van der Waals surface area contributed by atoms with Gasteiger partial charge in [-0.2, -0.15) is 5.10 Å². The molecule has 1 N–H and O–H groups in total. The molecule has 0 aliphatic carbocycles. The Morgan fingerprint density at radius 1 is 1.83 bits per heavy atom.